The Balaban J connectivity index is 3.77. The van der Waals surface area contributed by atoms with E-state index in [4.69, 9.17) is 0 Å². The standard InChI is InChI=1S/C10H20F2/c1-4-6-9(10(11)12)7-8(3)5-2/h8-10H,4-7H2,1-3H3. The van der Waals surface area contributed by atoms with Crippen molar-refractivity contribution in [2.45, 2.75) is 52.9 Å². The fourth-order valence-electron chi connectivity index (χ4n) is 1.40. The van der Waals surface area contributed by atoms with Gasteiger partial charge >= 0.3 is 0 Å². The van der Waals surface area contributed by atoms with Crippen LogP contribution in [-0.2, 0) is 0 Å². The highest BCUT2D eigenvalue weighted by molar-refractivity contribution is 4.64. The first-order valence-electron chi connectivity index (χ1n) is 4.89. The van der Waals surface area contributed by atoms with Crippen molar-refractivity contribution in [1.82, 2.24) is 0 Å². The number of hydrogen-bond donors (Lipinski definition) is 0. The molecule has 0 rings (SSSR count). The predicted octanol–water partition coefficient (Wildman–Crippen LogP) is 4.10. The summed E-state index contributed by atoms with van der Waals surface area (Å²) in [7, 11) is 0. The summed E-state index contributed by atoms with van der Waals surface area (Å²) in [5, 5.41) is 0. The molecule has 0 aliphatic heterocycles. The van der Waals surface area contributed by atoms with Gasteiger partial charge in [0.25, 0.3) is 0 Å². The lowest BCUT2D eigenvalue weighted by Crippen LogP contribution is -2.14. The lowest BCUT2D eigenvalue weighted by atomic mass is 9.91. The maximum atomic E-state index is 12.4. The molecule has 0 aliphatic carbocycles. The molecular formula is C10H20F2. The molecule has 0 aliphatic rings. The molecule has 0 nitrogen and oxygen atoms in total. The highest BCUT2D eigenvalue weighted by atomic mass is 19.3. The first kappa shape index (κ1) is 11.9. The van der Waals surface area contributed by atoms with E-state index in [9.17, 15) is 8.78 Å². The average molecular weight is 178 g/mol. The minimum atomic E-state index is -2.13. The zero-order valence-electron chi connectivity index (χ0n) is 8.32. The summed E-state index contributed by atoms with van der Waals surface area (Å²) >= 11 is 0. The zero-order valence-corrected chi connectivity index (χ0v) is 8.32. The summed E-state index contributed by atoms with van der Waals surface area (Å²) in [6, 6.07) is 0. The third kappa shape index (κ3) is 4.68. The first-order chi connectivity index (χ1) is 5.61. The van der Waals surface area contributed by atoms with Gasteiger partial charge in [-0.15, -0.1) is 0 Å². The van der Waals surface area contributed by atoms with Gasteiger partial charge in [0.05, 0.1) is 0 Å². The fourth-order valence-corrected chi connectivity index (χ4v) is 1.40. The molecule has 0 heterocycles. The molecule has 0 N–H and O–H groups in total. The van der Waals surface area contributed by atoms with Crippen LogP contribution in [0.3, 0.4) is 0 Å². The van der Waals surface area contributed by atoms with Gasteiger partial charge in [-0.2, -0.15) is 0 Å². The Morgan fingerprint density at radius 2 is 1.75 bits per heavy atom. The third-order valence-corrected chi connectivity index (χ3v) is 2.42. The lowest BCUT2D eigenvalue weighted by Gasteiger charge is -2.18. The summed E-state index contributed by atoms with van der Waals surface area (Å²) in [5.74, 6) is 0.0699. The number of hydrogen-bond acceptors (Lipinski definition) is 0. The van der Waals surface area contributed by atoms with Crippen LogP contribution in [0.2, 0.25) is 0 Å². The van der Waals surface area contributed by atoms with Crippen molar-refractivity contribution in [3.63, 3.8) is 0 Å². The second kappa shape index (κ2) is 6.38. The van der Waals surface area contributed by atoms with Crippen LogP contribution in [0.25, 0.3) is 0 Å². The maximum absolute atomic E-state index is 12.4. The minimum Gasteiger partial charge on any atom is -0.210 e. The molecule has 0 bridgehead atoms. The van der Waals surface area contributed by atoms with Gasteiger partial charge < -0.3 is 0 Å². The number of alkyl halides is 2. The molecule has 2 atom stereocenters. The van der Waals surface area contributed by atoms with E-state index in [1.54, 1.807) is 0 Å². The van der Waals surface area contributed by atoms with Crippen molar-refractivity contribution in [3.05, 3.63) is 0 Å². The first-order valence-corrected chi connectivity index (χ1v) is 4.89. The van der Waals surface area contributed by atoms with Gasteiger partial charge in [0.1, 0.15) is 0 Å². The molecule has 0 saturated carbocycles. The van der Waals surface area contributed by atoms with Crippen molar-refractivity contribution in [2.75, 3.05) is 0 Å². The second-order valence-corrected chi connectivity index (χ2v) is 3.63. The zero-order chi connectivity index (χ0) is 9.56. The molecule has 0 aromatic carbocycles. The van der Waals surface area contributed by atoms with Gasteiger partial charge in [-0.1, -0.05) is 33.6 Å². The van der Waals surface area contributed by atoms with Crippen LogP contribution in [0, 0.1) is 11.8 Å². The molecule has 0 aromatic rings. The molecule has 0 radical (unpaired) electrons. The van der Waals surface area contributed by atoms with E-state index in [0.717, 1.165) is 12.8 Å². The summed E-state index contributed by atoms with van der Waals surface area (Å²) in [6.45, 7) is 6.07. The van der Waals surface area contributed by atoms with E-state index >= 15 is 0 Å². The Hall–Kier alpha value is -0.140. The van der Waals surface area contributed by atoms with Gasteiger partial charge in [-0.3, -0.25) is 0 Å². The summed E-state index contributed by atoms with van der Waals surface area (Å²) in [6.07, 6.45) is 1.10. The van der Waals surface area contributed by atoms with Crippen LogP contribution in [0.4, 0.5) is 8.78 Å². The van der Waals surface area contributed by atoms with Crippen molar-refractivity contribution in [3.8, 4) is 0 Å². The molecule has 12 heavy (non-hydrogen) atoms. The average Bonchev–Trinajstić information content (AvgIpc) is 2.03. The van der Waals surface area contributed by atoms with Gasteiger partial charge in [0, 0.05) is 5.92 Å². The van der Waals surface area contributed by atoms with Crippen LogP contribution in [0.15, 0.2) is 0 Å². The van der Waals surface area contributed by atoms with Crippen molar-refractivity contribution >= 4 is 0 Å². The smallest absolute Gasteiger partial charge is 0.210 e. The molecule has 0 spiro atoms. The molecule has 2 heteroatoms. The highest BCUT2D eigenvalue weighted by Crippen LogP contribution is 2.25. The van der Waals surface area contributed by atoms with E-state index in [1.165, 1.54) is 0 Å². The highest BCUT2D eigenvalue weighted by Gasteiger charge is 2.20. The Morgan fingerprint density at radius 1 is 1.17 bits per heavy atom. The molecule has 0 saturated heterocycles. The van der Waals surface area contributed by atoms with Gasteiger partial charge in [0.15, 0.2) is 0 Å². The normalized spacial score (nSPS) is 16.5. The van der Waals surface area contributed by atoms with Gasteiger partial charge in [-0.25, -0.2) is 8.78 Å². The SMILES string of the molecule is CCCC(CC(C)CC)C(F)F. The van der Waals surface area contributed by atoms with E-state index in [-0.39, 0.29) is 5.92 Å². The summed E-state index contributed by atoms with van der Waals surface area (Å²) in [4.78, 5) is 0. The van der Waals surface area contributed by atoms with E-state index in [0.29, 0.717) is 18.8 Å². The quantitative estimate of drug-likeness (QED) is 0.574. The molecular weight excluding hydrogens is 158 g/mol. The number of halogens is 2. The Kier molecular flexibility index (Phi) is 6.31. The van der Waals surface area contributed by atoms with E-state index < -0.39 is 6.43 Å². The summed E-state index contributed by atoms with van der Waals surface area (Å²) < 4.78 is 24.8. The molecule has 0 fully saturated rings. The van der Waals surface area contributed by atoms with Crippen molar-refractivity contribution in [2.24, 2.45) is 11.8 Å². The van der Waals surface area contributed by atoms with Crippen LogP contribution in [0.1, 0.15) is 46.5 Å². The van der Waals surface area contributed by atoms with Crippen LogP contribution in [0.5, 0.6) is 0 Å². The molecule has 0 amide bonds. The molecule has 74 valence electrons. The topological polar surface area (TPSA) is 0 Å². The third-order valence-electron chi connectivity index (χ3n) is 2.42. The van der Waals surface area contributed by atoms with Crippen molar-refractivity contribution in [1.29, 1.82) is 0 Å². The van der Waals surface area contributed by atoms with E-state index in [1.807, 2.05) is 13.8 Å². The van der Waals surface area contributed by atoms with E-state index in [2.05, 4.69) is 6.92 Å². The monoisotopic (exact) mass is 178 g/mol. The van der Waals surface area contributed by atoms with Crippen LogP contribution < -0.4 is 0 Å². The largest absolute Gasteiger partial charge is 0.241 e. The second-order valence-electron chi connectivity index (χ2n) is 3.63. The predicted molar refractivity (Wildman–Crippen MR) is 48.5 cm³/mol. The van der Waals surface area contributed by atoms with Crippen LogP contribution in [-0.4, -0.2) is 6.43 Å². The number of rotatable bonds is 6. The lowest BCUT2D eigenvalue weighted by molar-refractivity contribution is 0.0585. The van der Waals surface area contributed by atoms with Crippen LogP contribution >= 0.6 is 0 Å². The van der Waals surface area contributed by atoms with Gasteiger partial charge in [-0.05, 0) is 18.8 Å². The maximum Gasteiger partial charge on any atom is 0.241 e. The fraction of sp³-hybridized carbons (Fsp3) is 1.00. The van der Waals surface area contributed by atoms with Gasteiger partial charge in [0.2, 0.25) is 6.43 Å². The Morgan fingerprint density at radius 3 is 2.08 bits per heavy atom. The Bertz CT molecular complexity index is 102. The Labute approximate surface area is 74.4 Å². The molecule has 0 aromatic heterocycles. The summed E-state index contributed by atoms with van der Waals surface area (Å²) in [5.41, 5.74) is 0. The van der Waals surface area contributed by atoms with Crippen molar-refractivity contribution < 1.29 is 8.78 Å². The molecule has 2 unspecified atom stereocenters. The minimum absolute atomic E-state index is 0.370.